The van der Waals surface area contributed by atoms with Crippen LogP contribution in [0.5, 0.6) is 5.75 Å². The molecule has 100 valence electrons. The highest BCUT2D eigenvalue weighted by Crippen LogP contribution is 2.27. The Kier molecular flexibility index (Phi) is 4.33. The highest BCUT2D eigenvalue weighted by molar-refractivity contribution is 6.30. The van der Waals surface area contributed by atoms with Crippen LogP contribution in [-0.4, -0.2) is 5.11 Å². The molecule has 2 nitrogen and oxygen atoms in total. The molecule has 0 radical (unpaired) electrons. The van der Waals surface area contributed by atoms with Crippen molar-refractivity contribution in [2.24, 2.45) is 0 Å². The van der Waals surface area contributed by atoms with Crippen molar-refractivity contribution in [1.82, 2.24) is 0 Å². The van der Waals surface area contributed by atoms with Crippen LogP contribution in [-0.2, 0) is 0 Å². The van der Waals surface area contributed by atoms with Crippen molar-refractivity contribution >= 4 is 17.3 Å². The number of rotatable bonds is 4. The lowest BCUT2D eigenvalue weighted by molar-refractivity contribution is 0.471. The molecule has 2 aromatic carbocycles. The van der Waals surface area contributed by atoms with Gasteiger partial charge in [0.05, 0.1) is 6.04 Å². The van der Waals surface area contributed by atoms with Crippen LogP contribution in [0.25, 0.3) is 0 Å². The second kappa shape index (κ2) is 5.98. The van der Waals surface area contributed by atoms with E-state index in [-0.39, 0.29) is 6.04 Å². The number of aryl methyl sites for hydroxylation is 1. The van der Waals surface area contributed by atoms with Gasteiger partial charge in [-0.3, -0.25) is 0 Å². The molecule has 3 heteroatoms. The number of anilines is 1. The van der Waals surface area contributed by atoms with Crippen molar-refractivity contribution in [3.63, 3.8) is 0 Å². The molecule has 0 heterocycles. The smallest absolute Gasteiger partial charge is 0.120 e. The van der Waals surface area contributed by atoms with Crippen LogP contribution in [0.1, 0.15) is 30.5 Å². The van der Waals surface area contributed by atoms with Crippen molar-refractivity contribution in [2.45, 2.75) is 26.3 Å². The van der Waals surface area contributed by atoms with E-state index in [9.17, 15) is 5.11 Å². The zero-order chi connectivity index (χ0) is 13.8. The van der Waals surface area contributed by atoms with Crippen molar-refractivity contribution in [3.05, 3.63) is 58.6 Å². The lowest BCUT2D eigenvalue weighted by atomic mass is 10.0. The molecule has 0 aromatic heterocycles. The number of phenolic OH excluding ortho intramolecular Hbond substituents is 1. The highest BCUT2D eigenvalue weighted by atomic mass is 35.5. The summed E-state index contributed by atoms with van der Waals surface area (Å²) in [5.74, 6) is 0.311. The first-order chi connectivity index (χ1) is 9.10. The lowest BCUT2D eigenvalue weighted by Gasteiger charge is -2.19. The number of hydrogen-bond donors (Lipinski definition) is 2. The predicted octanol–water partition coefficient (Wildman–Crippen LogP) is 4.92. The van der Waals surface area contributed by atoms with Gasteiger partial charge >= 0.3 is 0 Å². The Hall–Kier alpha value is -1.67. The Morgan fingerprint density at radius 2 is 2.00 bits per heavy atom. The van der Waals surface area contributed by atoms with E-state index in [1.165, 1.54) is 0 Å². The molecule has 0 saturated carbocycles. The van der Waals surface area contributed by atoms with Crippen LogP contribution in [0.4, 0.5) is 5.69 Å². The van der Waals surface area contributed by atoms with Gasteiger partial charge in [0.2, 0.25) is 0 Å². The Balaban J connectivity index is 2.21. The van der Waals surface area contributed by atoms with E-state index >= 15 is 0 Å². The predicted molar refractivity (Wildman–Crippen MR) is 81.0 cm³/mol. The zero-order valence-corrected chi connectivity index (χ0v) is 11.9. The van der Waals surface area contributed by atoms with Crippen LogP contribution in [0, 0.1) is 6.92 Å². The molecule has 0 aliphatic rings. The second-order valence-corrected chi connectivity index (χ2v) is 5.10. The van der Waals surface area contributed by atoms with Crippen LogP contribution in [0.15, 0.2) is 42.5 Å². The van der Waals surface area contributed by atoms with Crippen molar-refractivity contribution in [2.75, 3.05) is 5.32 Å². The first kappa shape index (κ1) is 13.8. The first-order valence-corrected chi connectivity index (χ1v) is 6.79. The van der Waals surface area contributed by atoms with Crippen LogP contribution in [0.2, 0.25) is 5.02 Å². The summed E-state index contributed by atoms with van der Waals surface area (Å²) in [7, 11) is 0. The molecule has 2 aromatic rings. The molecule has 0 saturated heterocycles. The summed E-state index contributed by atoms with van der Waals surface area (Å²) in [5.41, 5.74) is 2.94. The van der Waals surface area contributed by atoms with Gasteiger partial charge in [-0.2, -0.15) is 0 Å². The van der Waals surface area contributed by atoms with Gasteiger partial charge in [0.25, 0.3) is 0 Å². The molecule has 0 bridgehead atoms. The highest BCUT2D eigenvalue weighted by Gasteiger charge is 2.10. The van der Waals surface area contributed by atoms with Gasteiger partial charge in [0, 0.05) is 16.8 Å². The molecular weight excluding hydrogens is 258 g/mol. The molecule has 0 spiro atoms. The van der Waals surface area contributed by atoms with E-state index in [1.807, 2.05) is 37.3 Å². The minimum atomic E-state index is 0.181. The van der Waals surface area contributed by atoms with E-state index in [0.29, 0.717) is 5.75 Å². The minimum absolute atomic E-state index is 0.181. The molecule has 2 rings (SSSR count). The number of hydrogen-bond acceptors (Lipinski definition) is 2. The van der Waals surface area contributed by atoms with Crippen LogP contribution in [0.3, 0.4) is 0 Å². The monoisotopic (exact) mass is 275 g/mol. The average Bonchev–Trinajstić information content (AvgIpc) is 2.40. The van der Waals surface area contributed by atoms with Gasteiger partial charge in [-0.1, -0.05) is 36.7 Å². The summed E-state index contributed by atoms with van der Waals surface area (Å²) in [4.78, 5) is 0. The Morgan fingerprint density at radius 3 is 2.63 bits per heavy atom. The minimum Gasteiger partial charge on any atom is -0.508 e. The second-order valence-electron chi connectivity index (χ2n) is 4.66. The third kappa shape index (κ3) is 3.42. The standard InChI is InChI=1S/C16H18ClNO/c1-3-15(12-5-4-6-13(17)9-12)18-14-8-7-11(2)16(19)10-14/h4-10,15,18-19H,3H2,1-2H3. The third-order valence-corrected chi connectivity index (χ3v) is 3.44. The van der Waals surface area contributed by atoms with E-state index in [1.54, 1.807) is 6.07 Å². The molecule has 1 atom stereocenters. The average molecular weight is 276 g/mol. The molecule has 0 amide bonds. The number of nitrogens with one attached hydrogen (secondary N) is 1. The quantitative estimate of drug-likeness (QED) is 0.830. The molecule has 2 N–H and O–H groups in total. The van der Waals surface area contributed by atoms with Crippen molar-refractivity contribution in [1.29, 1.82) is 0 Å². The molecule has 0 fully saturated rings. The summed E-state index contributed by atoms with van der Waals surface area (Å²) in [6, 6.07) is 13.7. The lowest BCUT2D eigenvalue weighted by Crippen LogP contribution is -2.09. The van der Waals surface area contributed by atoms with Gasteiger partial charge in [-0.25, -0.2) is 0 Å². The number of halogens is 1. The Labute approximate surface area is 119 Å². The van der Waals surface area contributed by atoms with Gasteiger partial charge in [-0.05, 0) is 42.7 Å². The van der Waals surface area contributed by atoms with E-state index in [0.717, 1.165) is 28.3 Å². The van der Waals surface area contributed by atoms with Crippen LogP contribution < -0.4 is 5.32 Å². The Bertz CT molecular complexity index is 568. The van der Waals surface area contributed by atoms with Gasteiger partial charge < -0.3 is 10.4 Å². The maximum atomic E-state index is 9.74. The van der Waals surface area contributed by atoms with Crippen molar-refractivity contribution < 1.29 is 5.11 Å². The summed E-state index contributed by atoms with van der Waals surface area (Å²) in [5, 5.41) is 13.9. The fraction of sp³-hybridized carbons (Fsp3) is 0.250. The van der Waals surface area contributed by atoms with Crippen molar-refractivity contribution in [3.8, 4) is 5.75 Å². The largest absolute Gasteiger partial charge is 0.508 e. The van der Waals surface area contributed by atoms with Gasteiger partial charge in [-0.15, -0.1) is 0 Å². The fourth-order valence-corrected chi connectivity index (χ4v) is 2.24. The molecule has 0 aliphatic carbocycles. The number of benzene rings is 2. The molecule has 19 heavy (non-hydrogen) atoms. The van der Waals surface area contributed by atoms with E-state index in [4.69, 9.17) is 11.6 Å². The molecule has 0 aliphatic heterocycles. The summed E-state index contributed by atoms with van der Waals surface area (Å²) < 4.78 is 0. The fourth-order valence-electron chi connectivity index (χ4n) is 2.04. The maximum absolute atomic E-state index is 9.74. The van der Waals surface area contributed by atoms with Gasteiger partial charge in [0.1, 0.15) is 5.75 Å². The number of aromatic hydroxyl groups is 1. The van der Waals surface area contributed by atoms with Crippen LogP contribution >= 0.6 is 11.6 Å². The summed E-state index contributed by atoms with van der Waals surface area (Å²) in [6.45, 7) is 4.00. The zero-order valence-electron chi connectivity index (χ0n) is 11.2. The normalized spacial score (nSPS) is 12.2. The van der Waals surface area contributed by atoms with Gasteiger partial charge in [0.15, 0.2) is 0 Å². The topological polar surface area (TPSA) is 32.3 Å². The first-order valence-electron chi connectivity index (χ1n) is 6.41. The Morgan fingerprint density at radius 1 is 1.21 bits per heavy atom. The van der Waals surface area contributed by atoms with E-state index < -0.39 is 0 Å². The number of phenols is 1. The summed E-state index contributed by atoms with van der Waals surface area (Å²) >= 11 is 6.03. The molecular formula is C16H18ClNO. The summed E-state index contributed by atoms with van der Waals surface area (Å²) in [6.07, 6.45) is 0.939. The SMILES string of the molecule is CCC(Nc1ccc(C)c(O)c1)c1cccc(Cl)c1. The maximum Gasteiger partial charge on any atom is 0.120 e. The molecule has 1 unspecified atom stereocenters. The third-order valence-electron chi connectivity index (χ3n) is 3.21. The van der Waals surface area contributed by atoms with E-state index in [2.05, 4.69) is 18.3 Å².